The van der Waals surface area contributed by atoms with E-state index in [0.717, 1.165) is 37.8 Å². The molecular weight excluding hydrogens is 667 g/mol. The molecule has 1 aromatic heterocycles. The van der Waals surface area contributed by atoms with E-state index < -0.39 is 30.1 Å². The number of hydrogen-bond acceptors (Lipinski definition) is 8. The summed E-state index contributed by atoms with van der Waals surface area (Å²) in [4.78, 5) is 61.3. The summed E-state index contributed by atoms with van der Waals surface area (Å²) in [6.07, 6.45) is 5.86. The average Bonchev–Trinajstić information content (AvgIpc) is 3.60. The molecule has 0 aliphatic carbocycles. The lowest BCUT2D eigenvalue weighted by Gasteiger charge is -2.38. The van der Waals surface area contributed by atoms with Gasteiger partial charge in [0, 0.05) is 30.9 Å². The number of carbonyl (C=O) groups is 4. The lowest BCUT2D eigenvalue weighted by Crippen LogP contribution is -2.58. The molecule has 0 bridgehead atoms. The van der Waals surface area contributed by atoms with Gasteiger partial charge in [-0.3, -0.25) is 24.1 Å². The van der Waals surface area contributed by atoms with Crippen molar-refractivity contribution in [1.82, 2.24) is 25.4 Å². The smallest absolute Gasteiger partial charge is 0.306 e. The maximum Gasteiger partial charge on any atom is 0.306 e. The average molecular weight is 726 g/mol. The number of rotatable bonds is 20. The molecule has 11 nitrogen and oxygen atoms in total. The molecule has 3 N–H and O–H groups in total. The van der Waals surface area contributed by atoms with Crippen molar-refractivity contribution in [3.8, 4) is 0 Å². The number of ether oxygens (including phenoxy) is 1. The Morgan fingerprint density at radius 2 is 1.82 bits per heavy atom. The summed E-state index contributed by atoms with van der Waals surface area (Å²) < 4.78 is 6.22. The quantitative estimate of drug-likeness (QED) is 0.147. The second-order valence-corrected chi connectivity index (χ2v) is 15.3. The number of thiazole rings is 1. The van der Waals surface area contributed by atoms with E-state index in [2.05, 4.69) is 36.0 Å². The van der Waals surface area contributed by atoms with Crippen molar-refractivity contribution >= 4 is 35.0 Å². The van der Waals surface area contributed by atoms with Crippen LogP contribution in [0.25, 0.3) is 0 Å². The van der Waals surface area contributed by atoms with E-state index in [4.69, 9.17) is 9.72 Å². The highest BCUT2D eigenvalue weighted by molar-refractivity contribution is 7.09. The van der Waals surface area contributed by atoms with Gasteiger partial charge in [-0.2, -0.15) is 0 Å². The molecule has 7 atom stereocenters. The number of hydrogen-bond donors (Lipinski definition) is 3. The molecule has 1 aliphatic rings. The first-order chi connectivity index (χ1) is 24.3. The zero-order valence-electron chi connectivity index (χ0n) is 31.5. The SMILES string of the molecule is C=CCO[C@H](C[C@H](C(C)C)N(C)C(=O)[C@@H](NC(=O)C1CCCCN1C)[C@@H](C)CC)c1nc(C(=O)NC(Cc2ccccc2)CC(C)C(=O)O)cs1. The summed E-state index contributed by atoms with van der Waals surface area (Å²) in [6.45, 7) is 14.7. The number of benzene rings is 1. The molecule has 1 aliphatic heterocycles. The number of nitrogens with zero attached hydrogens (tertiary/aromatic N) is 3. The summed E-state index contributed by atoms with van der Waals surface area (Å²) in [6, 6.07) is 8.06. The summed E-state index contributed by atoms with van der Waals surface area (Å²) >= 11 is 1.31. The van der Waals surface area contributed by atoms with Crippen molar-refractivity contribution in [3.05, 3.63) is 64.6 Å². The van der Waals surface area contributed by atoms with E-state index in [0.29, 0.717) is 17.8 Å². The van der Waals surface area contributed by atoms with Crippen LogP contribution < -0.4 is 10.6 Å². The molecule has 1 saturated heterocycles. The maximum absolute atomic E-state index is 14.2. The minimum Gasteiger partial charge on any atom is -0.481 e. The number of piperidine rings is 1. The fourth-order valence-electron chi connectivity index (χ4n) is 6.66. The highest BCUT2D eigenvalue weighted by Crippen LogP contribution is 2.31. The Balaban J connectivity index is 1.80. The first-order valence-electron chi connectivity index (χ1n) is 18.3. The van der Waals surface area contributed by atoms with Crippen LogP contribution in [0.4, 0.5) is 0 Å². The molecule has 0 radical (unpaired) electrons. The van der Waals surface area contributed by atoms with Crippen LogP contribution in [0.3, 0.4) is 0 Å². The number of likely N-dealkylation sites (tertiary alicyclic amines) is 1. The van der Waals surface area contributed by atoms with Gasteiger partial charge in [-0.05, 0) is 56.7 Å². The minimum atomic E-state index is -0.918. The summed E-state index contributed by atoms with van der Waals surface area (Å²) in [5, 5.41) is 18.0. The van der Waals surface area contributed by atoms with Crippen molar-refractivity contribution in [3.63, 3.8) is 0 Å². The summed E-state index contributed by atoms with van der Waals surface area (Å²) in [5.74, 6) is -2.21. The molecular formula is C39H59N5O6S. The van der Waals surface area contributed by atoms with Crippen LogP contribution in [-0.2, 0) is 25.5 Å². The Morgan fingerprint density at radius 3 is 2.43 bits per heavy atom. The standard InChI is InChI=1S/C39H59N5O6S/c1-9-20-50-33(37-41-30(24-51-37)35(45)40-29(21-27(6)39(48)49)22-28-16-12-11-13-17-28)23-32(25(3)4)44(8)38(47)34(26(5)10-2)42-36(46)31-18-14-15-19-43(31)7/h9,11-13,16-17,24-27,29,31-34H,1,10,14-15,18-23H2,2-8H3,(H,40,45)(H,42,46)(H,48,49)/t26-,27?,29?,31?,32+,33+,34-/m0/s1. The number of aliphatic carboxylic acids is 1. The van der Waals surface area contributed by atoms with E-state index in [9.17, 15) is 24.3 Å². The van der Waals surface area contributed by atoms with Crippen LogP contribution >= 0.6 is 11.3 Å². The van der Waals surface area contributed by atoms with Gasteiger partial charge in [-0.25, -0.2) is 4.98 Å². The molecule has 3 amide bonds. The van der Waals surface area contributed by atoms with Gasteiger partial charge in [0.25, 0.3) is 5.91 Å². The Morgan fingerprint density at radius 1 is 1.12 bits per heavy atom. The van der Waals surface area contributed by atoms with Crippen molar-refractivity contribution in [2.24, 2.45) is 17.8 Å². The third-order valence-corrected chi connectivity index (χ3v) is 11.0. The lowest BCUT2D eigenvalue weighted by atomic mass is 9.92. The molecule has 51 heavy (non-hydrogen) atoms. The molecule has 1 aromatic carbocycles. The number of nitrogens with one attached hydrogen (secondary N) is 2. The Kier molecular flexibility index (Phi) is 16.8. The van der Waals surface area contributed by atoms with E-state index in [1.54, 1.807) is 30.3 Å². The molecule has 1 fully saturated rings. The number of likely N-dealkylation sites (N-methyl/N-ethyl adjacent to an activating group) is 2. The summed E-state index contributed by atoms with van der Waals surface area (Å²) in [7, 11) is 3.75. The van der Waals surface area contributed by atoms with Gasteiger partial charge in [0.1, 0.15) is 22.8 Å². The third kappa shape index (κ3) is 12.2. The first-order valence-corrected chi connectivity index (χ1v) is 19.2. The van der Waals surface area contributed by atoms with Crippen molar-refractivity contribution in [2.75, 3.05) is 27.2 Å². The first kappa shape index (κ1) is 41.8. The normalized spacial score (nSPS) is 18.5. The number of aromatic nitrogens is 1. The van der Waals surface area contributed by atoms with Gasteiger partial charge in [0.15, 0.2) is 0 Å². The molecule has 282 valence electrons. The molecule has 3 rings (SSSR count). The molecule has 12 heteroatoms. The zero-order chi connectivity index (χ0) is 37.7. The van der Waals surface area contributed by atoms with E-state index in [1.165, 1.54) is 11.3 Å². The summed E-state index contributed by atoms with van der Waals surface area (Å²) in [5.41, 5.74) is 1.22. The fraction of sp³-hybridized carbons (Fsp3) is 0.615. The van der Waals surface area contributed by atoms with Crippen molar-refractivity contribution in [1.29, 1.82) is 0 Å². The van der Waals surface area contributed by atoms with Crippen LogP contribution in [-0.4, -0.2) is 95.0 Å². The number of carboxylic acids is 1. The van der Waals surface area contributed by atoms with Gasteiger partial charge in [0.2, 0.25) is 11.8 Å². The number of carboxylic acid groups (broad SMARTS) is 1. The van der Waals surface area contributed by atoms with E-state index >= 15 is 0 Å². The highest BCUT2D eigenvalue weighted by Gasteiger charge is 2.37. The van der Waals surface area contributed by atoms with Crippen molar-refractivity contribution in [2.45, 2.75) is 110 Å². The Labute approximate surface area is 308 Å². The minimum absolute atomic E-state index is 0.0456. The van der Waals surface area contributed by atoms with Gasteiger partial charge < -0.3 is 25.4 Å². The molecule has 0 saturated carbocycles. The molecule has 2 heterocycles. The maximum atomic E-state index is 14.2. The lowest BCUT2D eigenvalue weighted by molar-refractivity contribution is -0.141. The van der Waals surface area contributed by atoms with Crippen LogP contribution in [0, 0.1) is 17.8 Å². The van der Waals surface area contributed by atoms with Crippen LogP contribution in [0.5, 0.6) is 0 Å². The predicted octanol–water partition coefficient (Wildman–Crippen LogP) is 5.73. The molecule has 0 spiro atoms. The third-order valence-electron chi connectivity index (χ3n) is 10.1. The Hall–Kier alpha value is -3.61. The molecule has 2 aromatic rings. The largest absolute Gasteiger partial charge is 0.481 e. The number of carbonyl (C=O) groups excluding carboxylic acids is 3. The fourth-order valence-corrected chi connectivity index (χ4v) is 7.52. The predicted molar refractivity (Wildman–Crippen MR) is 201 cm³/mol. The zero-order valence-corrected chi connectivity index (χ0v) is 32.3. The van der Waals surface area contributed by atoms with Gasteiger partial charge in [-0.15, -0.1) is 17.9 Å². The second kappa shape index (κ2) is 20.4. The van der Waals surface area contributed by atoms with Crippen LogP contribution in [0.1, 0.15) is 100 Å². The highest BCUT2D eigenvalue weighted by atomic mass is 32.1. The molecule has 3 unspecified atom stereocenters. The van der Waals surface area contributed by atoms with Crippen LogP contribution in [0.2, 0.25) is 0 Å². The Bertz CT molecular complexity index is 1430. The van der Waals surface area contributed by atoms with Gasteiger partial charge >= 0.3 is 5.97 Å². The van der Waals surface area contributed by atoms with Crippen molar-refractivity contribution < 1.29 is 29.0 Å². The second-order valence-electron chi connectivity index (χ2n) is 14.4. The topological polar surface area (TPSA) is 141 Å². The number of amides is 3. The van der Waals surface area contributed by atoms with Gasteiger partial charge in [0.05, 0.1) is 18.6 Å². The van der Waals surface area contributed by atoms with E-state index in [-0.39, 0.29) is 60.4 Å². The monoisotopic (exact) mass is 725 g/mol. The van der Waals surface area contributed by atoms with E-state index in [1.807, 2.05) is 51.2 Å². The van der Waals surface area contributed by atoms with Gasteiger partial charge in [-0.1, -0.05) is 83.9 Å². The van der Waals surface area contributed by atoms with Crippen LogP contribution in [0.15, 0.2) is 48.4 Å².